The van der Waals surface area contributed by atoms with Gasteiger partial charge in [-0.1, -0.05) is 103 Å². The van der Waals surface area contributed by atoms with Gasteiger partial charge in [-0.2, -0.15) is 0 Å². The number of aromatic nitrogens is 4. The van der Waals surface area contributed by atoms with Gasteiger partial charge in [0, 0.05) is 39.9 Å². The molecule has 42 heavy (non-hydrogen) atoms. The molecule has 0 N–H and O–H groups in total. The lowest BCUT2D eigenvalue weighted by atomic mass is 9.93. The summed E-state index contributed by atoms with van der Waals surface area (Å²) in [6, 6.07) is 46.2. The monoisotopic (exact) mass is 536 g/mol. The molecule has 0 aliphatic rings. The van der Waals surface area contributed by atoms with Gasteiger partial charge in [-0.15, -0.1) is 0 Å². The zero-order valence-electron chi connectivity index (χ0n) is 22.6. The molecule has 0 unspecified atom stereocenters. The van der Waals surface area contributed by atoms with Crippen molar-refractivity contribution in [3.63, 3.8) is 0 Å². The second kappa shape index (κ2) is 10.0. The topological polar surface area (TPSA) is 51.6 Å². The molecule has 5 aromatic carbocycles. The molecule has 3 heterocycles. The fraction of sp³-hybridized carbons (Fsp3) is 0. The van der Waals surface area contributed by atoms with Crippen molar-refractivity contribution in [3.05, 3.63) is 146 Å². The second-order valence-electron chi connectivity index (χ2n) is 10.3. The van der Waals surface area contributed by atoms with E-state index in [4.69, 9.17) is 9.97 Å². The molecule has 0 amide bonds. The summed E-state index contributed by atoms with van der Waals surface area (Å²) in [5.74, 6) is 0.727. The van der Waals surface area contributed by atoms with E-state index in [1.165, 1.54) is 0 Å². The first-order valence-electron chi connectivity index (χ1n) is 14.0. The lowest BCUT2D eigenvalue weighted by molar-refractivity contribution is 1.18. The highest BCUT2D eigenvalue weighted by atomic mass is 14.9. The minimum Gasteiger partial charge on any atom is -0.245 e. The Labute approximate surface area is 243 Å². The largest absolute Gasteiger partial charge is 0.245 e. The predicted molar refractivity (Wildman–Crippen MR) is 172 cm³/mol. The van der Waals surface area contributed by atoms with Crippen molar-refractivity contribution in [2.75, 3.05) is 0 Å². The first kappa shape index (κ1) is 24.1. The van der Waals surface area contributed by atoms with Crippen LogP contribution in [0.15, 0.2) is 146 Å². The Balaban J connectivity index is 1.25. The molecule has 0 fully saturated rings. The third kappa shape index (κ3) is 4.18. The quantitative estimate of drug-likeness (QED) is 0.210. The summed E-state index contributed by atoms with van der Waals surface area (Å²) >= 11 is 0. The summed E-state index contributed by atoms with van der Waals surface area (Å²) in [4.78, 5) is 19.2. The van der Waals surface area contributed by atoms with Crippen molar-refractivity contribution in [1.29, 1.82) is 0 Å². The first-order chi connectivity index (χ1) is 20.8. The molecule has 196 valence electrons. The third-order valence-corrected chi connectivity index (χ3v) is 7.79. The van der Waals surface area contributed by atoms with Crippen molar-refractivity contribution in [2.24, 2.45) is 0 Å². The van der Waals surface area contributed by atoms with E-state index < -0.39 is 0 Å². The van der Waals surface area contributed by atoms with Crippen LogP contribution in [-0.2, 0) is 0 Å². The number of pyridine rings is 2. The molecule has 4 nitrogen and oxygen atoms in total. The van der Waals surface area contributed by atoms with Gasteiger partial charge < -0.3 is 0 Å². The van der Waals surface area contributed by atoms with Gasteiger partial charge in [-0.05, 0) is 52.2 Å². The van der Waals surface area contributed by atoms with Crippen molar-refractivity contribution in [1.82, 2.24) is 19.9 Å². The maximum atomic E-state index is 5.18. The highest BCUT2D eigenvalue weighted by Gasteiger charge is 2.13. The van der Waals surface area contributed by atoms with Crippen LogP contribution in [0.1, 0.15) is 0 Å². The molecule has 0 aliphatic heterocycles. The summed E-state index contributed by atoms with van der Waals surface area (Å²) in [5.41, 5.74) is 9.16. The van der Waals surface area contributed by atoms with Crippen LogP contribution in [-0.4, -0.2) is 19.9 Å². The Kier molecular flexibility index (Phi) is 5.75. The highest BCUT2D eigenvalue weighted by Crippen LogP contribution is 2.36. The molecule has 0 radical (unpaired) electrons. The van der Waals surface area contributed by atoms with Crippen LogP contribution in [0.25, 0.3) is 77.6 Å². The molecule has 0 atom stereocenters. The average molecular weight is 537 g/mol. The molecular weight excluding hydrogens is 512 g/mol. The lowest BCUT2D eigenvalue weighted by Crippen LogP contribution is -1.92. The summed E-state index contributed by atoms with van der Waals surface area (Å²) < 4.78 is 0. The average Bonchev–Trinajstić information content (AvgIpc) is 3.08. The molecule has 8 rings (SSSR count). The van der Waals surface area contributed by atoms with E-state index in [9.17, 15) is 0 Å². The van der Waals surface area contributed by atoms with E-state index in [0.29, 0.717) is 0 Å². The van der Waals surface area contributed by atoms with Crippen LogP contribution in [0, 0.1) is 0 Å². The minimum atomic E-state index is 0.727. The van der Waals surface area contributed by atoms with Gasteiger partial charge in [-0.25, -0.2) is 19.9 Å². The van der Waals surface area contributed by atoms with Crippen LogP contribution in [0.2, 0.25) is 0 Å². The van der Waals surface area contributed by atoms with Gasteiger partial charge in [0.1, 0.15) is 0 Å². The van der Waals surface area contributed by atoms with Gasteiger partial charge in [-0.3, -0.25) is 0 Å². The molecule has 0 bridgehead atoms. The van der Waals surface area contributed by atoms with E-state index in [1.807, 2.05) is 24.3 Å². The molecule has 8 aromatic rings. The van der Waals surface area contributed by atoms with Gasteiger partial charge in [0.15, 0.2) is 5.82 Å². The molecule has 0 aliphatic carbocycles. The molecule has 4 heteroatoms. The smallest absolute Gasteiger partial charge is 0.159 e. The number of nitrogens with zero attached hydrogens (tertiary/aromatic N) is 4. The van der Waals surface area contributed by atoms with Gasteiger partial charge in [0.25, 0.3) is 0 Å². The zero-order valence-corrected chi connectivity index (χ0v) is 22.6. The molecule has 0 saturated heterocycles. The predicted octanol–water partition coefficient (Wildman–Crippen LogP) is 9.39. The molecule has 0 spiro atoms. The number of hydrogen-bond donors (Lipinski definition) is 0. The number of fused-ring (bicyclic) bond motifs is 4. The van der Waals surface area contributed by atoms with Crippen LogP contribution >= 0.6 is 0 Å². The van der Waals surface area contributed by atoms with Crippen molar-refractivity contribution in [3.8, 4) is 45.0 Å². The Morgan fingerprint density at radius 1 is 0.381 bits per heavy atom. The molecule has 0 saturated carbocycles. The summed E-state index contributed by atoms with van der Waals surface area (Å²) in [6.45, 7) is 0. The van der Waals surface area contributed by atoms with Crippen LogP contribution in [0.5, 0.6) is 0 Å². The Morgan fingerprint density at radius 3 is 1.64 bits per heavy atom. The standard InChI is InChI=1S/C38H24N4/c1-2-8-25(9-3-1)34-20-16-26-14-15-27-17-21-35(42-37(27)36(26)41-34)29-11-6-10-28(24-29)30-18-19-33(38-39-22-7-23-40-38)32-13-5-4-12-31(30)32/h1-24H. The fourth-order valence-electron chi connectivity index (χ4n) is 5.73. The summed E-state index contributed by atoms with van der Waals surface area (Å²) in [7, 11) is 0. The van der Waals surface area contributed by atoms with Crippen molar-refractivity contribution in [2.45, 2.75) is 0 Å². The first-order valence-corrected chi connectivity index (χ1v) is 14.0. The van der Waals surface area contributed by atoms with Crippen LogP contribution < -0.4 is 0 Å². The Bertz CT molecular complexity index is 2240. The highest BCUT2D eigenvalue weighted by molar-refractivity contribution is 6.05. The summed E-state index contributed by atoms with van der Waals surface area (Å²) in [5, 5.41) is 4.44. The van der Waals surface area contributed by atoms with Crippen molar-refractivity contribution >= 4 is 32.6 Å². The minimum absolute atomic E-state index is 0.727. The van der Waals surface area contributed by atoms with E-state index in [0.717, 1.165) is 77.6 Å². The maximum absolute atomic E-state index is 5.18. The third-order valence-electron chi connectivity index (χ3n) is 7.79. The molecular formula is C38H24N4. The van der Waals surface area contributed by atoms with E-state index >= 15 is 0 Å². The van der Waals surface area contributed by atoms with Gasteiger partial charge >= 0.3 is 0 Å². The van der Waals surface area contributed by atoms with Gasteiger partial charge in [0.05, 0.1) is 22.4 Å². The second-order valence-corrected chi connectivity index (χ2v) is 10.3. The maximum Gasteiger partial charge on any atom is 0.159 e. The normalized spacial score (nSPS) is 11.3. The van der Waals surface area contributed by atoms with Gasteiger partial charge in [0.2, 0.25) is 0 Å². The Morgan fingerprint density at radius 2 is 0.929 bits per heavy atom. The van der Waals surface area contributed by atoms with E-state index in [1.54, 1.807) is 12.4 Å². The number of hydrogen-bond acceptors (Lipinski definition) is 4. The summed E-state index contributed by atoms with van der Waals surface area (Å²) in [6.07, 6.45) is 3.57. The lowest BCUT2D eigenvalue weighted by Gasteiger charge is -2.12. The van der Waals surface area contributed by atoms with Crippen LogP contribution in [0.3, 0.4) is 0 Å². The fourth-order valence-corrected chi connectivity index (χ4v) is 5.73. The van der Waals surface area contributed by atoms with Crippen molar-refractivity contribution < 1.29 is 0 Å². The van der Waals surface area contributed by atoms with E-state index in [2.05, 4.69) is 119 Å². The van der Waals surface area contributed by atoms with E-state index in [-0.39, 0.29) is 0 Å². The Hall–Kier alpha value is -5.74. The van der Waals surface area contributed by atoms with Crippen LogP contribution in [0.4, 0.5) is 0 Å². The number of rotatable bonds is 4. The zero-order chi connectivity index (χ0) is 27.9. The SMILES string of the molecule is c1ccc(-c2ccc3ccc4ccc(-c5cccc(-c6ccc(-c7ncccn7)c7ccccc67)c5)nc4c3n2)cc1. The molecule has 3 aromatic heterocycles. The number of benzene rings is 5.